The Balaban J connectivity index is 1.94. The number of para-hydroxylation sites is 1. The van der Waals surface area contributed by atoms with Crippen molar-refractivity contribution < 1.29 is 4.79 Å². The van der Waals surface area contributed by atoms with E-state index >= 15 is 0 Å². The molecule has 3 nitrogen and oxygen atoms in total. The van der Waals surface area contributed by atoms with E-state index in [1.54, 1.807) is 0 Å². The van der Waals surface area contributed by atoms with Gasteiger partial charge in [0.25, 0.3) is 0 Å². The van der Waals surface area contributed by atoms with E-state index in [-0.39, 0.29) is 12.5 Å². The van der Waals surface area contributed by atoms with E-state index in [1.807, 2.05) is 49.4 Å². The molecular formula is C15H14Br2N2O. The first kappa shape index (κ1) is 15.1. The van der Waals surface area contributed by atoms with Gasteiger partial charge >= 0.3 is 0 Å². The summed E-state index contributed by atoms with van der Waals surface area (Å²) in [6.45, 7) is 2.18. The molecule has 1 amide bonds. The summed E-state index contributed by atoms with van der Waals surface area (Å²) in [6, 6.07) is 13.5. The van der Waals surface area contributed by atoms with Crippen molar-refractivity contribution in [3.63, 3.8) is 0 Å². The fraction of sp³-hybridized carbons (Fsp3) is 0.133. The number of halogens is 2. The zero-order chi connectivity index (χ0) is 14.5. The van der Waals surface area contributed by atoms with Crippen LogP contribution in [0.2, 0.25) is 0 Å². The Morgan fingerprint density at radius 1 is 1.10 bits per heavy atom. The highest BCUT2D eigenvalue weighted by atomic mass is 79.9. The number of carbonyl (C=O) groups excluding carboxylic acids is 1. The fourth-order valence-electron chi connectivity index (χ4n) is 1.74. The Kier molecular flexibility index (Phi) is 5.20. The van der Waals surface area contributed by atoms with E-state index in [0.29, 0.717) is 0 Å². The summed E-state index contributed by atoms with van der Waals surface area (Å²) in [5, 5.41) is 5.99. The largest absolute Gasteiger partial charge is 0.375 e. The molecule has 2 rings (SSSR count). The Labute approximate surface area is 135 Å². The molecule has 0 aliphatic carbocycles. The number of aryl methyl sites for hydroxylation is 1. The minimum atomic E-state index is -0.0776. The summed E-state index contributed by atoms with van der Waals surface area (Å²) >= 11 is 6.83. The van der Waals surface area contributed by atoms with Gasteiger partial charge in [0.2, 0.25) is 5.91 Å². The van der Waals surface area contributed by atoms with Gasteiger partial charge in [-0.05, 0) is 58.7 Å². The smallest absolute Gasteiger partial charge is 0.243 e. The summed E-state index contributed by atoms with van der Waals surface area (Å²) in [7, 11) is 0. The number of amides is 1. The topological polar surface area (TPSA) is 41.1 Å². The van der Waals surface area contributed by atoms with Crippen molar-refractivity contribution in [1.82, 2.24) is 0 Å². The molecule has 0 heterocycles. The van der Waals surface area contributed by atoms with Crippen molar-refractivity contribution in [2.75, 3.05) is 17.2 Å². The Morgan fingerprint density at radius 3 is 2.55 bits per heavy atom. The third kappa shape index (κ3) is 4.08. The molecule has 0 aliphatic heterocycles. The normalized spacial score (nSPS) is 10.2. The van der Waals surface area contributed by atoms with Crippen molar-refractivity contribution in [2.24, 2.45) is 0 Å². The number of carbonyl (C=O) groups is 1. The third-order valence-corrected chi connectivity index (χ3v) is 3.96. The summed E-state index contributed by atoms with van der Waals surface area (Å²) in [5.74, 6) is -0.0776. The highest BCUT2D eigenvalue weighted by Gasteiger charge is 2.06. The van der Waals surface area contributed by atoms with Crippen LogP contribution in [0.4, 0.5) is 11.4 Å². The molecule has 0 saturated heterocycles. The summed E-state index contributed by atoms with van der Waals surface area (Å²) in [5.41, 5.74) is 2.75. The molecule has 0 saturated carbocycles. The van der Waals surface area contributed by atoms with Crippen LogP contribution >= 0.6 is 31.9 Å². The van der Waals surface area contributed by atoms with Gasteiger partial charge in [0.15, 0.2) is 0 Å². The van der Waals surface area contributed by atoms with Gasteiger partial charge in [0, 0.05) is 20.3 Å². The maximum Gasteiger partial charge on any atom is 0.243 e. The molecule has 0 unspecified atom stereocenters. The maximum atomic E-state index is 11.9. The van der Waals surface area contributed by atoms with Gasteiger partial charge < -0.3 is 10.6 Å². The highest BCUT2D eigenvalue weighted by molar-refractivity contribution is 9.10. The predicted molar refractivity (Wildman–Crippen MR) is 90.1 cm³/mol. The van der Waals surface area contributed by atoms with Crippen molar-refractivity contribution in [3.05, 3.63) is 57.0 Å². The molecule has 2 N–H and O–H groups in total. The molecule has 2 aromatic rings. The molecule has 0 radical (unpaired) electrons. The minimum Gasteiger partial charge on any atom is -0.375 e. The Bertz CT molecular complexity index is 629. The third-order valence-electron chi connectivity index (χ3n) is 2.78. The SMILES string of the molecule is Cc1cc(Br)ccc1NC(=O)CNc1ccccc1Br. The molecule has 2 aromatic carbocycles. The van der Waals surface area contributed by atoms with Crippen LogP contribution < -0.4 is 10.6 Å². The van der Waals surface area contributed by atoms with Crippen molar-refractivity contribution in [2.45, 2.75) is 6.92 Å². The number of hydrogen-bond donors (Lipinski definition) is 2. The second-order valence-corrected chi connectivity index (χ2v) is 6.11. The van der Waals surface area contributed by atoms with Gasteiger partial charge in [-0.3, -0.25) is 4.79 Å². The van der Waals surface area contributed by atoms with Crippen LogP contribution in [-0.2, 0) is 4.79 Å². The Morgan fingerprint density at radius 2 is 1.85 bits per heavy atom. The average molecular weight is 398 g/mol. The summed E-state index contributed by atoms with van der Waals surface area (Å²) in [6.07, 6.45) is 0. The molecule has 0 bridgehead atoms. The van der Waals surface area contributed by atoms with E-state index in [1.165, 1.54) is 0 Å². The van der Waals surface area contributed by atoms with Crippen LogP contribution in [0.15, 0.2) is 51.4 Å². The monoisotopic (exact) mass is 396 g/mol. The number of benzene rings is 2. The lowest BCUT2D eigenvalue weighted by Crippen LogP contribution is -2.22. The van der Waals surface area contributed by atoms with E-state index < -0.39 is 0 Å². The predicted octanol–water partition coefficient (Wildman–Crippen LogP) is 4.57. The Hall–Kier alpha value is -1.33. The molecule has 0 aliphatic rings. The second kappa shape index (κ2) is 6.90. The standard InChI is InChI=1S/C15H14Br2N2O/c1-10-8-11(16)6-7-13(10)19-15(20)9-18-14-5-3-2-4-12(14)17/h2-8,18H,9H2,1H3,(H,19,20). The zero-order valence-corrected chi connectivity index (χ0v) is 14.1. The number of anilines is 2. The van der Waals surface area contributed by atoms with Gasteiger partial charge in [0.05, 0.1) is 6.54 Å². The molecule has 20 heavy (non-hydrogen) atoms. The first-order chi connectivity index (χ1) is 9.56. The number of rotatable bonds is 4. The van der Waals surface area contributed by atoms with Crippen molar-refractivity contribution in [3.8, 4) is 0 Å². The lowest BCUT2D eigenvalue weighted by Gasteiger charge is -2.11. The van der Waals surface area contributed by atoms with Crippen LogP contribution in [-0.4, -0.2) is 12.5 Å². The minimum absolute atomic E-state index is 0.0776. The molecule has 0 spiro atoms. The molecule has 0 fully saturated rings. The lowest BCUT2D eigenvalue weighted by atomic mass is 10.2. The summed E-state index contributed by atoms with van der Waals surface area (Å²) < 4.78 is 1.94. The van der Waals surface area contributed by atoms with E-state index in [4.69, 9.17) is 0 Å². The van der Waals surface area contributed by atoms with Crippen LogP contribution in [0.3, 0.4) is 0 Å². The molecule has 0 atom stereocenters. The van der Waals surface area contributed by atoms with Crippen LogP contribution in [0.5, 0.6) is 0 Å². The van der Waals surface area contributed by atoms with Crippen LogP contribution in [0, 0.1) is 6.92 Å². The van der Waals surface area contributed by atoms with Crippen molar-refractivity contribution in [1.29, 1.82) is 0 Å². The van der Waals surface area contributed by atoms with E-state index in [2.05, 4.69) is 42.5 Å². The zero-order valence-electron chi connectivity index (χ0n) is 10.9. The second-order valence-electron chi connectivity index (χ2n) is 4.34. The molecular weight excluding hydrogens is 384 g/mol. The maximum absolute atomic E-state index is 11.9. The first-order valence-electron chi connectivity index (χ1n) is 6.10. The van der Waals surface area contributed by atoms with Gasteiger partial charge in [-0.25, -0.2) is 0 Å². The van der Waals surface area contributed by atoms with Crippen molar-refractivity contribution >= 4 is 49.1 Å². The lowest BCUT2D eigenvalue weighted by molar-refractivity contribution is -0.114. The van der Waals surface area contributed by atoms with Crippen LogP contribution in [0.25, 0.3) is 0 Å². The quantitative estimate of drug-likeness (QED) is 0.793. The van der Waals surface area contributed by atoms with Gasteiger partial charge in [-0.15, -0.1) is 0 Å². The first-order valence-corrected chi connectivity index (χ1v) is 7.69. The van der Waals surface area contributed by atoms with Crippen LogP contribution in [0.1, 0.15) is 5.56 Å². The average Bonchev–Trinajstić information content (AvgIpc) is 2.41. The molecule has 0 aromatic heterocycles. The molecule has 104 valence electrons. The van der Waals surface area contributed by atoms with E-state index in [9.17, 15) is 4.79 Å². The highest BCUT2D eigenvalue weighted by Crippen LogP contribution is 2.22. The number of nitrogens with one attached hydrogen (secondary N) is 2. The number of hydrogen-bond acceptors (Lipinski definition) is 2. The van der Waals surface area contributed by atoms with Gasteiger partial charge in [-0.2, -0.15) is 0 Å². The fourth-order valence-corrected chi connectivity index (χ4v) is 2.64. The molecule has 5 heteroatoms. The summed E-state index contributed by atoms with van der Waals surface area (Å²) in [4.78, 5) is 11.9. The van der Waals surface area contributed by atoms with E-state index in [0.717, 1.165) is 25.9 Å². The van der Waals surface area contributed by atoms with Gasteiger partial charge in [0.1, 0.15) is 0 Å². The van der Waals surface area contributed by atoms with Gasteiger partial charge in [-0.1, -0.05) is 28.1 Å².